The second-order valence-corrected chi connectivity index (χ2v) is 10.1. The van der Waals surface area contributed by atoms with Gasteiger partial charge in [-0.3, -0.25) is 9.10 Å². The average Bonchev–Trinajstić information content (AvgIpc) is 2.83. The minimum atomic E-state index is -3.92. The van der Waals surface area contributed by atoms with Crippen LogP contribution in [-0.4, -0.2) is 28.0 Å². The quantitative estimate of drug-likeness (QED) is 0.563. The monoisotopic (exact) mass is 464 g/mol. The Kier molecular flexibility index (Phi) is 6.70. The largest absolute Gasteiger partial charge is 0.497 e. The van der Waals surface area contributed by atoms with Gasteiger partial charge in [0.05, 0.1) is 23.7 Å². The van der Waals surface area contributed by atoms with Gasteiger partial charge in [-0.15, -0.1) is 0 Å². The van der Waals surface area contributed by atoms with Gasteiger partial charge in [-0.05, 0) is 73.7 Å². The Bertz CT molecular complexity index is 1220. The van der Waals surface area contributed by atoms with E-state index >= 15 is 0 Å². The molecule has 0 heterocycles. The predicted octanol–water partition coefficient (Wildman–Crippen LogP) is 4.39. The number of benzene rings is 3. The fraction of sp³-hybridized carbons (Fsp3) is 0.269. The fourth-order valence-electron chi connectivity index (χ4n) is 4.18. The van der Waals surface area contributed by atoms with Crippen LogP contribution in [0.15, 0.2) is 77.7 Å². The van der Waals surface area contributed by atoms with Crippen LogP contribution in [0.3, 0.4) is 0 Å². The Labute approximate surface area is 195 Å². The summed E-state index contributed by atoms with van der Waals surface area (Å²) in [5.74, 6) is 0.448. The zero-order valence-electron chi connectivity index (χ0n) is 18.8. The van der Waals surface area contributed by atoms with E-state index < -0.39 is 10.0 Å². The van der Waals surface area contributed by atoms with Crippen molar-refractivity contribution in [1.29, 1.82) is 0 Å². The number of ether oxygens (including phenoxy) is 1. The number of hydrogen-bond donors (Lipinski definition) is 1. The molecular weight excluding hydrogens is 436 g/mol. The van der Waals surface area contributed by atoms with Gasteiger partial charge in [-0.25, -0.2) is 8.42 Å². The predicted molar refractivity (Wildman–Crippen MR) is 129 cm³/mol. The smallest absolute Gasteiger partial charge is 0.264 e. The van der Waals surface area contributed by atoms with Crippen LogP contribution in [0, 0.1) is 6.92 Å². The first-order valence-electron chi connectivity index (χ1n) is 11.0. The lowest BCUT2D eigenvalue weighted by molar-refractivity contribution is -0.120. The van der Waals surface area contributed by atoms with E-state index in [9.17, 15) is 13.2 Å². The Morgan fingerprint density at radius 2 is 1.79 bits per heavy atom. The van der Waals surface area contributed by atoms with Gasteiger partial charge in [0.2, 0.25) is 5.91 Å². The molecule has 0 fully saturated rings. The molecule has 1 N–H and O–H groups in total. The first kappa shape index (κ1) is 22.9. The van der Waals surface area contributed by atoms with E-state index in [4.69, 9.17) is 4.74 Å². The van der Waals surface area contributed by atoms with E-state index in [1.807, 2.05) is 31.2 Å². The highest BCUT2D eigenvalue weighted by Crippen LogP contribution is 2.32. The number of nitrogens with zero attached hydrogens (tertiary/aromatic N) is 1. The number of carbonyl (C=O) groups is 1. The van der Waals surface area contributed by atoms with Crippen LogP contribution in [0.1, 0.15) is 35.6 Å². The van der Waals surface area contributed by atoms with Crippen LogP contribution in [0.2, 0.25) is 0 Å². The lowest BCUT2D eigenvalue weighted by Gasteiger charge is -2.29. The maximum atomic E-state index is 13.5. The molecule has 7 heteroatoms. The minimum absolute atomic E-state index is 0.153. The highest BCUT2D eigenvalue weighted by Gasteiger charge is 2.29. The van der Waals surface area contributed by atoms with E-state index in [0.717, 1.165) is 41.7 Å². The third kappa shape index (κ3) is 5.03. The molecule has 0 saturated heterocycles. The van der Waals surface area contributed by atoms with Crippen molar-refractivity contribution in [3.05, 3.63) is 89.5 Å². The van der Waals surface area contributed by atoms with Gasteiger partial charge >= 0.3 is 0 Å². The number of anilines is 1. The van der Waals surface area contributed by atoms with Crippen LogP contribution < -0.4 is 14.4 Å². The SMILES string of the molecule is COc1ccc2c(c1)CCCC2NC(=O)CN(c1ccccc1)S(=O)(=O)c1ccc(C)cc1. The second kappa shape index (κ2) is 9.67. The average molecular weight is 465 g/mol. The van der Waals surface area contributed by atoms with Crippen molar-refractivity contribution in [1.82, 2.24) is 5.32 Å². The lowest BCUT2D eigenvalue weighted by Crippen LogP contribution is -2.42. The molecule has 33 heavy (non-hydrogen) atoms. The first-order valence-corrected chi connectivity index (χ1v) is 12.4. The van der Waals surface area contributed by atoms with Gasteiger partial charge in [0, 0.05) is 0 Å². The number of methoxy groups -OCH3 is 1. The summed E-state index contributed by atoms with van der Waals surface area (Å²) in [4.78, 5) is 13.3. The van der Waals surface area contributed by atoms with Gasteiger partial charge in [-0.1, -0.05) is 42.0 Å². The Balaban J connectivity index is 1.59. The summed E-state index contributed by atoms with van der Waals surface area (Å²) in [6, 6.07) is 21.1. The molecule has 6 nitrogen and oxygen atoms in total. The molecule has 1 atom stereocenters. The van der Waals surface area contributed by atoms with Crippen molar-refractivity contribution in [3.63, 3.8) is 0 Å². The van der Waals surface area contributed by atoms with E-state index in [-0.39, 0.29) is 23.4 Å². The topological polar surface area (TPSA) is 75.7 Å². The molecule has 4 rings (SSSR count). The van der Waals surface area contributed by atoms with Crippen LogP contribution in [-0.2, 0) is 21.2 Å². The molecule has 1 unspecified atom stereocenters. The molecular formula is C26H28N2O4S. The van der Waals surface area contributed by atoms with Crippen molar-refractivity contribution in [2.24, 2.45) is 0 Å². The van der Waals surface area contributed by atoms with Crippen molar-refractivity contribution >= 4 is 21.6 Å². The molecule has 3 aromatic rings. The van der Waals surface area contributed by atoms with Gasteiger partial charge in [-0.2, -0.15) is 0 Å². The molecule has 1 amide bonds. The summed E-state index contributed by atoms with van der Waals surface area (Å²) in [7, 11) is -2.28. The number of aryl methyl sites for hydroxylation is 2. The van der Waals surface area contributed by atoms with Gasteiger partial charge in [0.1, 0.15) is 12.3 Å². The van der Waals surface area contributed by atoms with Crippen molar-refractivity contribution in [2.45, 2.75) is 37.1 Å². The summed E-state index contributed by atoms with van der Waals surface area (Å²) in [5.41, 5.74) is 3.62. The van der Waals surface area contributed by atoms with E-state index in [1.165, 1.54) is 4.31 Å². The normalized spacial score (nSPS) is 15.4. The fourth-order valence-corrected chi connectivity index (χ4v) is 5.61. The molecule has 0 aromatic heterocycles. The molecule has 0 spiro atoms. The molecule has 1 aliphatic rings. The van der Waals surface area contributed by atoms with Crippen LogP contribution in [0.4, 0.5) is 5.69 Å². The van der Waals surface area contributed by atoms with E-state index in [0.29, 0.717) is 5.69 Å². The van der Waals surface area contributed by atoms with Crippen LogP contribution in [0.25, 0.3) is 0 Å². The number of para-hydroxylation sites is 1. The lowest BCUT2D eigenvalue weighted by atomic mass is 9.87. The van der Waals surface area contributed by atoms with Crippen LogP contribution >= 0.6 is 0 Å². The van der Waals surface area contributed by atoms with Crippen molar-refractivity contribution in [2.75, 3.05) is 18.0 Å². The third-order valence-corrected chi connectivity index (χ3v) is 7.73. The van der Waals surface area contributed by atoms with E-state index in [1.54, 1.807) is 55.6 Å². The summed E-state index contributed by atoms with van der Waals surface area (Å²) in [5, 5.41) is 3.06. The minimum Gasteiger partial charge on any atom is -0.497 e. The van der Waals surface area contributed by atoms with Crippen molar-refractivity contribution in [3.8, 4) is 5.75 Å². The second-order valence-electron chi connectivity index (χ2n) is 8.24. The van der Waals surface area contributed by atoms with E-state index in [2.05, 4.69) is 5.32 Å². The first-order chi connectivity index (χ1) is 15.9. The molecule has 0 saturated carbocycles. The maximum Gasteiger partial charge on any atom is 0.264 e. The number of hydrogen-bond acceptors (Lipinski definition) is 4. The molecule has 0 bridgehead atoms. The maximum absolute atomic E-state index is 13.5. The molecule has 0 aliphatic heterocycles. The molecule has 1 aliphatic carbocycles. The highest BCUT2D eigenvalue weighted by atomic mass is 32.2. The van der Waals surface area contributed by atoms with Gasteiger partial charge in [0.25, 0.3) is 10.0 Å². The number of nitrogens with one attached hydrogen (secondary N) is 1. The molecule has 172 valence electrons. The summed E-state index contributed by atoms with van der Waals surface area (Å²) < 4.78 is 33.4. The summed E-state index contributed by atoms with van der Waals surface area (Å²) in [6.07, 6.45) is 2.67. The molecule has 0 radical (unpaired) electrons. The Morgan fingerprint density at radius 3 is 2.48 bits per heavy atom. The van der Waals surface area contributed by atoms with Gasteiger partial charge < -0.3 is 10.1 Å². The number of sulfonamides is 1. The summed E-state index contributed by atoms with van der Waals surface area (Å²) in [6.45, 7) is 1.60. The highest BCUT2D eigenvalue weighted by molar-refractivity contribution is 7.92. The Hall–Kier alpha value is -3.32. The number of carbonyl (C=O) groups excluding carboxylic acids is 1. The van der Waals surface area contributed by atoms with Crippen LogP contribution in [0.5, 0.6) is 5.75 Å². The standard InChI is InChI=1S/C26H28N2O4S/c1-19-11-14-23(15-12-19)33(30,31)28(21-8-4-3-5-9-21)18-26(29)27-25-10-6-7-20-17-22(32-2)13-16-24(20)25/h3-5,8-9,11-17,25H,6-7,10,18H2,1-2H3,(H,27,29). The zero-order valence-corrected chi connectivity index (χ0v) is 19.6. The van der Waals surface area contributed by atoms with Gasteiger partial charge in [0.15, 0.2) is 0 Å². The zero-order chi connectivity index (χ0) is 23.4. The summed E-state index contributed by atoms with van der Waals surface area (Å²) >= 11 is 0. The Morgan fingerprint density at radius 1 is 1.06 bits per heavy atom. The number of amides is 1. The van der Waals surface area contributed by atoms with Crippen molar-refractivity contribution < 1.29 is 17.9 Å². The third-order valence-electron chi connectivity index (χ3n) is 5.94. The number of rotatable bonds is 7. The molecule has 3 aromatic carbocycles. The number of fused-ring (bicyclic) bond motifs is 1.